The van der Waals surface area contributed by atoms with Crippen molar-refractivity contribution in [3.63, 3.8) is 0 Å². The minimum atomic E-state index is 0.128. The highest BCUT2D eigenvalue weighted by Gasteiger charge is 2.46. The molecule has 1 aromatic rings. The SMILES string of the molecule is CC1OCCCC1N1CC2C(CC1=O)NNC2c1ccc(N2CCN(C)CC2)cc1. The van der Waals surface area contributed by atoms with Gasteiger partial charge in [0.1, 0.15) is 0 Å². The standard InChI is InChI=1S/C23H35N5O2/c1-16-21(4-3-13-30-16)28-15-19-20(14-22(28)29)24-25-23(19)17-5-7-18(8-6-17)27-11-9-26(2)10-12-27/h5-8,16,19-21,23-25H,3-4,9-15H2,1-2H3. The molecule has 7 nitrogen and oxygen atoms in total. The second-order valence-corrected chi connectivity index (χ2v) is 9.45. The molecule has 0 aromatic heterocycles. The van der Waals surface area contributed by atoms with E-state index in [1.807, 2.05) is 0 Å². The molecule has 0 aliphatic carbocycles. The molecular formula is C23H35N5O2. The fourth-order valence-electron chi connectivity index (χ4n) is 5.64. The molecule has 7 heteroatoms. The van der Waals surface area contributed by atoms with Crippen molar-refractivity contribution in [3.8, 4) is 0 Å². The van der Waals surface area contributed by atoms with Crippen molar-refractivity contribution in [1.82, 2.24) is 20.7 Å². The maximum Gasteiger partial charge on any atom is 0.224 e. The average Bonchev–Trinajstić information content (AvgIpc) is 3.17. The first kappa shape index (κ1) is 20.2. The maximum absolute atomic E-state index is 12.9. The van der Waals surface area contributed by atoms with Gasteiger partial charge in [0.2, 0.25) is 5.91 Å². The summed E-state index contributed by atoms with van der Waals surface area (Å²) in [5, 5.41) is 0. The number of fused-ring (bicyclic) bond motifs is 1. The van der Waals surface area contributed by atoms with E-state index in [0.717, 1.165) is 52.2 Å². The molecule has 0 saturated carbocycles. The predicted molar refractivity (Wildman–Crippen MR) is 117 cm³/mol. The molecule has 1 aromatic carbocycles. The Morgan fingerprint density at radius 3 is 2.57 bits per heavy atom. The van der Waals surface area contributed by atoms with Gasteiger partial charge in [0.15, 0.2) is 0 Å². The summed E-state index contributed by atoms with van der Waals surface area (Å²) >= 11 is 0. The molecule has 0 radical (unpaired) electrons. The Morgan fingerprint density at radius 1 is 1.07 bits per heavy atom. The predicted octanol–water partition coefficient (Wildman–Crippen LogP) is 1.37. The number of rotatable bonds is 3. The van der Waals surface area contributed by atoms with Crippen LogP contribution in [0.5, 0.6) is 0 Å². The van der Waals surface area contributed by atoms with Gasteiger partial charge in [-0.15, -0.1) is 0 Å². The zero-order valence-electron chi connectivity index (χ0n) is 18.2. The first-order valence-electron chi connectivity index (χ1n) is 11.6. The van der Waals surface area contributed by atoms with Gasteiger partial charge in [-0.3, -0.25) is 10.2 Å². The molecule has 4 aliphatic rings. The van der Waals surface area contributed by atoms with Gasteiger partial charge in [-0.1, -0.05) is 12.1 Å². The van der Waals surface area contributed by atoms with Crippen molar-refractivity contribution in [1.29, 1.82) is 0 Å². The summed E-state index contributed by atoms with van der Waals surface area (Å²) in [5.74, 6) is 0.644. The molecule has 30 heavy (non-hydrogen) atoms. The smallest absolute Gasteiger partial charge is 0.224 e. The Bertz CT molecular complexity index is 748. The first-order chi connectivity index (χ1) is 14.6. The van der Waals surface area contributed by atoms with E-state index in [-0.39, 0.29) is 30.1 Å². The molecular weight excluding hydrogens is 378 g/mol. The largest absolute Gasteiger partial charge is 0.376 e. The van der Waals surface area contributed by atoms with Gasteiger partial charge in [-0.2, -0.15) is 0 Å². The molecule has 4 aliphatic heterocycles. The third-order valence-electron chi connectivity index (χ3n) is 7.58. The highest BCUT2D eigenvalue weighted by molar-refractivity contribution is 5.78. The molecule has 4 saturated heterocycles. The molecule has 1 amide bonds. The lowest BCUT2D eigenvalue weighted by Gasteiger charge is -2.44. The summed E-state index contributed by atoms with van der Waals surface area (Å²) in [6.07, 6.45) is 2.79. The summed E-state index contributed by atoms with van der Waals surface area (Å²) in [6, 6.07) is 9.71. The van der Waals surface area contributed by atoms with E-state index >= 15 is 0 Å². The van der Waals surface area contributed by atoms with Crippen LogP contribution in [0.25, 0.3) is 0 Å². The number of amides is 1. The molecule has 5 unspecified atom stereocenters. The summed E-state index contributed by atoms with van der Waals surface area (Å²) in [7, 11) is 2.19. The van der Waals surface area contributed by atoms with Crippen LogP contribution in [0.15, 0.2) is 24.3 Å². The van der Waals surface area contributed by atoms with Crippen molar-refractivity contribution >= 4 is 11.6 Å². The van der Waals surface area contributed by atoms with Crippen molar-refractivity contribution in [2.45, 2.75) is 50.4 Å². The van der Waals surface area contributed by atoms with E-state index in [0.29, 0.717) is 12.3 Å². The third-order valence-corrected chi connectivity index (χ3v) is 7.58. The van der Waals surface area contributed by atoms with Crippen molar-refractivity contribution in [3.05, 3.63) is 29.8 Å². The Balaban J connectivity index is 1.29. The number of anilines is 1. The van der Waals surface area contributed by atoms with Crippen LogP contribution in [0.4, 0.5) is 5.69 Å². The third kappa shape index (κ3) is 3.84. The highest BCUT2D eigenvalue weighted by atomic mass is 16.5. The lowest BCUT2D eigenvalue weighted by molar-refractivity contribution is -0.145. The van der Waals surface area contributed by atoms with Crippen LogP contribution in [0, 0.1) is 5.92 Å². The molecule has 5 atom stereocenters. The second-order valence-electron chi connectivity index (χ2n) is 9.45. The monoisotopic (exact) mass is 413 g/mol. The highest BCUT2D eigenvalue weighted by Crippen LogP contribution is 2.37. The topological polar surface area (TPSA) is 60.1 Å². The molecule has 4 fully saturated rings. The number of nitrogens with zero attached hydrogens (tertiary/aromatic N) is 3. The van der Waals surface area contributed by atoms with Crippen LogP contribution >= 0.6 is 0 Å². The minimum Gasteiger partial charge on any atom is -0.376 e. The van der Waals surface area contributed by atoms with Crippen LogP contribution in [0.2, 0.25) is 0 Å². The van der Waals surface area contributed by atoms with Gasteiger partial charge in [0, 0.05) is 63.4 Å². The number of benzene rings is 1. The van der Waals surface area contributed by atoms with Gasteiger partial charge in [-0.05, 0) is 44.5 Å². The zero-order valence-corrected chi connectivity index (χ0v) is 18.2. The Morgan fingerprint density at radius 2 is 1.83 bits per heavy atom. The van der Waals surface area contributed by atoms with Crippen LogP contribution in [0.1, 0.15) is 37.8 Å². The Kier molecular flexibility index (Phi) is 5.71. The van der Waals surface area contributed by atoms with E-state index in [4.69, 9.17) is 4.74 Å². The lowest BCUT2D eigenvalue weighted by Crippen LogP contribution is -2.56. The summed E-state index contributed by atoms with van der Waals surface area (Å²) in [4.78, 5) is 19.8. The number of piperidine rings is 1. The Hall–Kier alpha value is -1.67. The molecule has 0 bridgehead atoms. The minimum absolute atomic E-state index is 0.128. The molecule has 4 heterocycles. The normalized spacial score (nSPS) is 35.5. The number of carbonyl (C=O) groups excluding carboxylic acids is 1. The van der Waals surface area contributed by atoms with Gasteiger partial charge >= 0.3 is 0 Å². The van der Waals surface area contributed by atoms with Crippen molar-refractivity contribution < 1.29 is 9.53 Å². The summed E-state index contributed by atoms with van der Waals surface area (Å²) in [5.41, 5.74) is 9.51. The number of ether oxygens (including phenoxy) is 1. The quantitative estimate of drug-likeness (QED) is 0.781. The number of hydrogen-bond donors (Lipinski definition) is 2. The van der Waals surface area contributed by atoms with Gasteiger partial charge in [-0.25, -0.2) is 5.43 Å². The van der Waals surface area contributed by atoms with Gasteiger partial charge in [0.25, 0.3) is 0 Å². The number of carbonyl (C=O) groups is 1. The van der Waals surface area contributed by atoms with E-state index in [1.54, 1.807) is 0 Å². The Labute approximate surface area is 179 Å². The van der Waals surface area contributed by atoms with Crippen LogP contribution < -0.4 is 15.8 Å². The fourth-order valence-corrected chi connectivity index (χ4v) is 5.64. The van der Waals surface area contributed by atoms with Crippen LogP contribution in [-0.2, 0) is 9.53 Å². The van der Waals surface area contributed by atoms with Crippen molar-refractivity contribution in [2.24, 2.45) is 5.92 Å². The fraction of sp³-hybridized carbons (Fsp3) is 0.696. The van der Waals surface area contributed by atoms with E-state index < -0.39 is 0 Å². The van der Waals surface area contributed by atoms with Crippen molar-refractivity contribution in [2.75, 3.05) is 51.3 Å². The number of piperazine rings is 1. The van der Waals surface area contributed by atoms with Crippen LogP contribution in [0.3, 0.4) is 0 Å². The number of hydrazine groups is 1. The van der Waals surface area contributed by atoms with E-state index in [9.17, 15) is 4.79 Å². The molecule has 2 N–H and O–H groups in total. The summed E-state index contributed by atoms with van der Waals surface area (Å²) < 4.78 is 5.86. The second kappa shape index (κ2) is 8.46. The number of hydrogen-bond acceptors (Lipinski definition) is 6. The van der Waals surface area contributed by atoms with E-state index in [1.165, 1.54) is 11.3 Å². The molecule has 164 valence electrons. The first-order valence-corrected chi connectivity index (χ1v) is 11.6. The van der Waals surface area contributed by atoms with Gasteiger partial charge in [0.05, 0.1) is 18.2 Å². The molecule has 5 rings (SSSR count). The lowest BCUT2D eigenvalue weighted by atomic mass is 9.83. The zero-order chi connectivity index (χ0) is 20.7. The number of likely N-dealkylation sites (tertiary alicyclic amines) is 1. The maximum atomic E-state index is 12.9. The van der Waals surface area contributed by atoms with Gasteiger partial charge < -0.3 is 19.4 Å². The summed E-state index contributed by atoms with van der Waals surface area (Å²) in [6.45, 7) is 8.14. The molecule has 0 spiro atoms. The average molecular weight is 414 g/mol. The number of nitrogens with one attached hydrogen (secondary N) is 2. The number of likely N-dealkylation sites (N-methyl/N-ethyl adjacent to an activating group) is 1. The van der Waals surface area contributed by atoms with E-state index in [2.05, 4.69) is 63.8 Å². The van der Waals surface area contributed by atoms with Crippen LogP contribution in [-0.4, -0.2) is 80.3 Å².